The number of carboxylic acid groups (broad SMARTS) is 1. The highest BCUT2D eigenvalue weighted by atomic mass is 32.2. The summed E-state index contributed by atoms with van der Waals surface area (Å²) in [6, 6.07) is 9.18. The van der Waals surface area contributed by atoms with Crippen molar-refractivity contribution < 1.29 is 23.1 Å². The Kier molecular flexibility index (Phi) is 5.26. The van der Waals surface area contributed by atoms with Gasteiger partial charge < -0.3 is 14.4 Å². The van der Waals surface area contributed by atoms with Crippen LogP contribution >= 0.6 is 0 Å². The van der Waals surface area contributed by atoms with Crippen LogP contribution in [0.15, 0.2) is 59.9 Å². The maximum absolute atomic E-state index is 13.3. The van der Waals surface area contributed by atoms with Crippen LogP contribution in [-0.2, 0) is 17.1 Å². The van der Waals surface area contributed by atoms with E-state index in [9.17, 15) is 18.3 Å². The number of aryl methyl sites for hydroxylation is 2. The van der Waals surface area contributed by atoms with Crippen LogP contribution in [0.3, 0.4) is 0 Å². The number of aromatic carboxylic acids is 1. The summed E-state index contributed by atoms with van der Waals surface area (Å²) in [6.07, 6.45) is 4.30. The zero-order valence-corrected chi connectivity index (χ0v) is 18.2. The first kappa shape index (κ1) is 21.2. The van der Waals surface area contributed by atoms with Crippen molar-refractivity contribution in [3.8, 4) is 11.5 Å². The fraction of sp³-hybridized carbons (Fsp3) is 0.143. The normalized spacial score (nSPS) is 11.5. The number of benzene rings is 1. The fourth-order valence-corrected chi connectivity index (χ4v) is 4.42. The molecule has 0 saturated heterocycles. The molecule has 0 spiro atoms. The summed E-state index contributed by atoms with van der Waals surface area (Å²) in [7, 11) is -1.09. The maximum atomic E-state index is 13.3. The zero-order valence-electron chi connectivity index (χ0n) is 17.4. The van der Waals surface area contributed by atoms with Gasteiger partial charge in [-0.2, -0.15) is 0 Å². The van der Waals surface area contributed by atoms with Crippen molar-refractivity contribution in [1.82, 2.24) is 19.5 Å². The quantitative estimate of drug-likeness (QED) is 0.472. The van der Waals surface area contributed by atoms with Crippen LogP contribution in [0.2, 0.25) is 0 Å². The Balaban J connectivity index is 1.75. The monoisotopic (exact) mass is 453 g/mol. The number of fused-ring (bicyclic) bond motifs is 1. The average molecular weight is 453 g/mol. The minimum absolute atomic E-state index is 0.0315. The number of anilines is 1. The molecule has 32 heavy (non-hydrogen) atoms. The largest absolute Gasteiger partial charge is 0.478 e. The number of nitrogens with zero attached hydrogens (tertiary/aromatic N) is 5. The molecule has 0 amide bonds. The van der Waals surface area contributed by atoms with Crippen LogP contribution in [0.25, 0.3) is 11.2 Å². The Labute approximate surface area is 183 Å². The number of sulfonamides is 1. The van der Waals surface area contributed by atoms with E-state index >= 15 is 0 Å². The van der Waals surface area contributed by atoms with Gasteiger partial charge in [0.25, 0.3) is 10.0 Å². The molecule has 1 aromatic carbocycles. The number of ether oxygens (including phenoxy) is 1. The smallest absolute Gasteiger partial charge is 0.339 e. The van der Waals surface area contributed by atoms with Crippen molar-refractivity contribution in [2.75, 3.05) is 11.4 Å². The first-order valence-corrected chi connectivity index (χ1v) is 10.9. The number of carbonyl (C=O) groups is 1. The van der Waals surface area contributed by atoms with Gasteiger partial charge in [-0.3, -0.25) is 9.29 Å². The topological polar surface area (TPSA) is 128 Å². The Bertz CT molecular complexity index is 1420. The SMILES string of the molecule is Cc1nc2c(N(C)S(=O)(=O)c3ccc(Oc4ccncc4)cc3)c(C(=O)O)cnc2n1C. The van der Waals surface area contributed by atoms with Gasteiger partial charge in [-0.05, 0) is 43.3 Å². The van der Waals surface area contributed by atoms with E-state index in [-0.39, 0.29) is 21.7 Å². The summed E-state index contributed by atoms with van der Waals surface area (Å²) in [6.45, 7) is 1.72. The second-order valence-corrected chi connectivity index (χ2v) is 8.91. The standard InChI is InChI=1S/C21H19N5O5S/c1-13-24-18-19(17(21(27)28)12-23-20(18)25(13)2)26(3)32(29,30)16-6-4-14(5-7-16)31-15-8-10-22-11-9-15/h4-12H,1-3H3,(H,27,28). The third-order valence-electron chi connectivity index (χ3n) is 5.00. The van der Waals surface area contributed by atoms with Crippen LogP contribution in [-0.4, -0.2) is 46.1 Å². The summed E-state index contributed by atoms with van der Waals surface area (Å²) in [4.78, 5) is 24.2. The van der Waals surface area contributed by atoms with E-state index in [2.05, 4.69) is 15.0 Å². The van der Waals surface area contributed by atoms with E-state index in [4.69, 9.17) is 4.74 Å². The molecule has 3 heterocycles. The van der Waals surface area contributed by atoms with Gasteiger partial charge in [0.1, 0.15) is 28.4 Å². The third-order valence-corrected chi connectivity index (χ3v) is 6.77. The molecular formula is C21H19N5O5S. The summed E-state index contributed by atoms with van der Waals surface area (Å²) in [5.74, 6) is 0.264. The van der Waals surface area contributed by atoms with Crippen LogP contribution in [0.4, 0.5) is 5.69 Å². The third kappa shape index (κ3) is 3.62. The van der Waals surface area contributed by atoms with Crippen molar-refractivity contribution in [3.05, 3.63) is 66.4 Å². The van der Waals surface area contributed by atoms with Crippen molar-refractivity contribution in [2.24, 2.45) is 7.05 Å². The summed E-state index contributed by atoms with van der Waals surface area (Å²) in [5.41, 5.74) is 0.252. The second-order valence-electron chi connectivity index (χ2n) is 6.94. The van der Waals surface area contributed by atoms with Crippen molar-refractivity contribution >= 4 is 32.8 Å². The van der Waals surface area contributed by atoms with E-state index in [0.717, 1.165) is 10.5 Å². The predicted octanol–water partition coefficient (Wildman–Crippen LogP) is 2.99. The molecule has 4 rings (SSSR count). The van der Waals surface area contributed by atoms with Gasteiger partial charge in [-0.15, -0.1) is 0 Å². The Morgan fingerprint density at radius 2 is 1.72 bits per heavy atom. The molecule has 0 unspecified atom stereocenters. The molecule has 0 saturated carbocycles. The molecule has 0 fully saturated rings. The van der Waals surface area contributed by atoms with E-state index < -0.39 is 16.0 Å². The van der Waals surface area contributed by atoms with Gasteiger partial charge in [0.05, 0.1) is 10.6 Å². The van der Waals surface area contributed by atoms with Crippen molar-refractivity contribution in [2.45, 2.75) is 11.8 Å². The molecular weight excluding hydrogens is 434 g/mol. The molecule has 0 radical (unpaired) electrons. The first-order valence-electron chi connectivity index (χ1n) is 9.42. The maximum Gasteiger partial charge on any atom is 0.339 e. The molecule has 10 nitrogen and oxygen atoms in total. The lowest BCUT2D eigenvalue weighted by Crippen LogP contribution is -2.28. The molecule has 0 aliphatic heterocycles. The predicted molar refractivity (Wildman–Crippen MR) is 117 cm³/mol. The van der Waals surface area contributed by atoms with Gasteiger partial charge in [-0.1, -0.05) is 0 Å². The van der Waals surface area contributed by atoms with E-state index in [1.807, 2.05) is 0 Å². The number of pyridine rings is 2. The lowest BCUT2D eigenvalue weighted by Gasteiger charge is -2.21. The average Bonchev–Trinajstić information content (AvgIpc) is 3.07. The second kappa shape index (κ2) is 7.93. The van der Waals surface area contributed by atoms with E-state index in [0.29, 0.717) is 23.0 Å². The van der Waals surface area contributed by atoms with Crippen LogP contribution in [0.5, 0.6) is 11.5 Å². The van der Waals surface area contributed by atoms with Gasteiger partial charge >= 0.3 is 5.97 Å². The van der Waals surface area contributed by atoms with E-state index in [1.54, 1.807) is 43.1 Å². The number of carboxylic acids is 1. The van der Waals surface area contributed by atoms with Gasteiger partial charge in [0, 0.05) is 32.7 Å². The number of aromatic nitrogens is 4. The lowest BCUT2D eigenvalue weighted by molar-refractivity contribution is 0.0697. The molecule has 0 bridgehead atoms. The van der Waals surface area contributed by atoms with Crippen LogP contribution in [0, 0.1) is 6.92 Å². The van der Waals surface area contributed by atoms with Gasteiger partial charge in [0.2, 0.25) is 0 Å². The number of rotatable bonds is 6. The van der Waals surface area contributed by atoms with Gasteiger partial charge in [-0.25, -0.2) is 23.2 Å². The molecule has 1 N–H and O–H groups in total. The number of hydrogen-bond donors (Lipinski definition) is 1. The molecule has 4 aromatic rings. The van der Waals surface area contributed by atoms with Crippen LogP contribution in [0.1, 0.15) is 16.2 Å². The van der Waals surface area contributed by atoms with E-state index in [1.165, 1.54) is 31.3 Å². The highest BCUT2D eigenvalue weighted by molar-refractivity contribution is 7.92. The Morgan fingerprint density at radius 3 is 2.34 bits per heavy atom. The molecule has 0 aliphatic rings. The highest BCUT2D eigenvalue weighted by Gasteiger charge is 2.29. The fourth-order valence-electron chi connectivity index (χ4n) is 3.20. The molecule has 0 atom stereocenters. The summed E-state index contributed by atoms with van der Waals surface area (Å²) >= 11 is 0. The van der Waals surface area contributed by atoms with Crippen molar-refractivity contribution in [1.29, 1.82) is 0 Å². The number of hydrogen-bond acceptors (Lipinski definition) is 7. The summed E-state index contributed by atoms with van der Waals surface area (Å²) in [5, 5.41) is 9.65. The molecule has 11 heteroatoms. The van der Waals surface area contributed by atoms with Crippen LogP contribution < -0.4 is 9.04 Å². The Morgan fingerprint density at radius 1 is 1.09 bits per heavy atom. The zero-order chi connectivity index (χ0) is 23.0. The number of imidazole rings is 1. The van der Waals surface area contributed by atoms with Gasteiger partial charge in [0.15, 0.2) is 5.65 Å². The summed E-state index contributed by atoms with van der Waals surface area (Å²) < 4.78 is 34.9. The molecule has 164 valence electrons. The molecule has 3 aromatic heterocycles. The highest BCUT2D eigenvalue weighted by Crippen LogP contribution is 2.33. The first-order chi connectivity index (χ1) is 15.2. The molecule has 0 aliphatic carbocycles. The minimum atomic E-state index is -4.11. The Hall–Kier alpha value is -3.99. The minimum Gasteiger partial charge on any atom is -0.478 e. The van der Waals surface area contributed by atoms with Crippen molar-refractivity contribution in [3.63, 3.8) is 0 Å². The lowest BCUT2D eigenvalue weighted by atomic mass is 10.2.